The van der Waals surface area contributed by atoms with Gasteiger partial charge >= 0.3 is 5.97 Å². The van der Waals surface area contributed by atoms with E-state index in [0.717, 1.165) is 22.4 Å². The van der Waals surface area contributed by atoms with E-state index in [-0.39, 0.29) is 5.97 Å². The van der Waals surface area contributed by atoms with Crippen molar-refractivity contribution in [2.75, 3.05) is 12.4 Å². The summed E-state index contributed by atoms with van der Waals surface area (Å²) in [5.41, 5.74) is 5.22. The van der Waals surface area contributed by atoms with Crippen molar-refractivity contribution >= 4 is 11.7 Å². The van der Waals surface area contributed by atoms with E-state index in [4.69, 9.17) is 4.74 Å². The number of carbonyl (C=O) groups is 1. The fraction of sp³-hybridized carbons (Fsp3) is 0.278. The molecule has 1 atom stereocenters. The van der Waals surface area contributed by atoms with Gasteiger partial charge in [0.25, 0.3) is 0 Å². The van der Waals surface area contributed by atoms with E-state index in [1.807, 2.05) is 57.2 Å². The number of ether oxygens (including phenoxy) is 1. The molecular weight excluding hydrogens is 262 g/mol. The van der Waals surface area contributed by atoms with Gasteiger partial charge in [0.05, 0.1) is 7.11 Å². The SMILES string of the molecule is COC(=O)C(Nc1ccccc1C)c1ccc(C)cc1C. The van der Waals surface area contributed by atoms with Crippen molar-refractivity contribution < 1.29 is 9.53 Å². The Morgan fingerprint density at radius 2 is 1.76 bits per heavy atom. The molecule has 2 aromatic rings. The quantitative estimate of drug-likeness (QED) is 0.864. The first-order valence-corrected chi connectivity index (χ1v) is 7.00. The molecule has 0 heterocycles. The van der Waals surface area contributed by atoms with Gasteiger partial charge in [0, 0.05) is 5.69 Å². The monoisotopic (exact) mass is 283 g/mol. The Hall–Kier alpha value is -2.29. The van der Waals surface area contributed by atoms with Crippen LogP contribution in [0.25, 0.3) is 0 Å². The third kappa shape index (κ3) is 3.43. The average Bonchev–Trinajstić information content (AvgIpc) is 2.46. The van der Waals surface area contributed by atoms with Crippen molar-refractivity contribution in [3.63, 3.8) is 0 Å². The van der Waals surface area contributed by atoms with Crippen LogP contribution in [-0.4, -0.2) is 13.1 Å². The summed E-state index contributed by atoms with van der Waals surface area (Å²) in [6, 6.07) is 13.5. The van der Waals surface area contributed by atoms with E-state index in [1.54, 1.807) is 0 Å². The number of esters is 1. The van der Waals surface area contributed by atoms with Crippen LogP contribution in [0.15, 0.2) is 42.5 Å². The second kappa shape index (κ2) is 6.44. The zero-order valence-electron chi connectivity index (χ0n) is 12.9. The second-order valence-electron chi connectivity index (χ2n) is 5.28. The highest BCUT2D eigenvalue weighted by Gasteiger charge is 2.23. The maximum absolute atomic E-state index is 12.2. The molecule has 0 bridgehead atoms. The zero-order chi connectivity index (χ0) is 15.4. The number of aryl methyl sites for hydroxylation is 3. The molecule has 0 saturated carbocycles. The van der Waals surface area contributed by atoms with E-state index in [0.29, 0.717) is 0 Å². The van der Waals surface area contributed by atoms with Crippen LogP contribution in [0.5, 0.6) is 0 Å². The minimum Gasteiger partial charge on any atom is -0.467 e. The summed E-state index contributed by atoms with van der Waals surface area (Å²) < 4.78 is 4.96. The van der Waals surface area contributed by atoms with E-state index in [2.05, 4.69) is 11.4 Å². The molecule has 0 aromatic heterocycles. The average molecular weight is 283 g/mol. The van der Waals surface area contributed by atoms with Crippen LogP contribution >= 0.6 is 0 Å². The normalized spacial score (nSPS) is 11.8. The molecule has 1 N–H and O–H groups in total. The second-order valence-corrected chi connectivity index (χ2v) is 5.28. The number of rotatable bonds is 4. The van der Waals surface area contributed by atoms with Crippen LogP contribution < -0.4 is 5.32 Å². The third-order valence-corrected chi connectivity index (χ3v) is 3.62. The lowest BCUT2D eigenvalue weighted by molar-refractivity contribution is -0.141. The number of carbonyl (C=O) groups excluding carboxylic acids is 1. The highest BCUT2D eigenvalue weighted by Crippen LogP contribution is 2.26. The van der Waals surface area contributed by atoms with E-state index in [1.165, 1.54) is 12.7 Å². The van der Waals surface area contributed by atoms with Crippen molar-refractivity contribution in [3.05, 3.63) is 64.7 Å². The fourth-order valence-corrected chi connectivity index (χ4v) is 2.42. The molecule has 0 spiro atoms. The maximum Gasteiger partial charge on any atom is 0.332 e. The van der Waals surface area contributed by atoms with Gasteiger partial charge in [-0.25, -0.2) is 4.79 Å². The summed E-state index contributed by atoms with van der Waals surface area (Å²) in [5.74, 6) is -0.287. The lowest BCUT2D eigenvalue weighted by Crippen LogP contribution is -2.23. The summed E-state index contributed by atoms with van der Waals surface area (Å²) in [6.07, 6.45) is 0. The Labute approximate surface area is 126 Å². The van der Waals surface area contributed by atoms with Crippen LogP contribution in [-0.2, 0) is 9.53 Å². The van der Waals surface area contributed by atoms with Gasteiger partial charge in [-0.2, -0.15) is 0 Å². The Morgan fingerprint density at radius 3 is 2.38 bits per heavy atom. The van der Waals surface area contributed by atoms with E-state index < -0.39 is 6.04 Å². The van der Waals surface area contributed by atoms with E-state index in [9.17, 15) is 4.79 Å². The van der Waals surface area contributed by atoms with Crippen molar-refractivity contribution in [2.45, 2.75) is 26.8 Å². The first-order valence-electron chi connectivity index (χ1n) is 7.00. The van der Waals surface area contributed by atoms with Gasteiger partial charge in [0.15, 0.2) is 6.04 Å². The van der Waals surface area contributed by atoms with E-state index >= 15 is 0 Å². The highest BCUT2D eigenvalue weighted by molar-refractivity contribution is 5.81. The predicted octanol–water partition coefficient (Wildman–Crippen LogP) is 3.94. The Kier molecular flexibility index (Phi) is 4.63. The number of para-hydroxylation sites is 1. The van der Waals surface area contributed by atoms with Gasteiger partial charge in [0.2, 0.25) is 0 Å². The van der Waals surface area contributed by atoms with Gasteiger partial charge in [-0.15, -0.1) is 0 Å². The molecule has 1 unspecified atom stereocenters. The molecule has 0 amide bonds. The van der Waals surface area contributed by atoms with Crippen LogP contribution in [0.4, 0.5) is 5.69 Å². The smallest absolute Gasteiger partial charge is 0.332 e. The van der Waals surface area contributed by atoms with Gasteiger partial charge in [-0.3, -0.25) is 0 Å². The summed E-state index contributed by atoms with van der Waals surface area (Å²) in [4.78, 5) is 12.2. The fourth-order valence-electron chi connectivity index (χ4n) is 2.42. The van der Waals surface area contributed by atoms with Crippen molar-refractivity contribution in [3.8, 4) is 0 Å². The van der Waals surface area contributed by atoms with Crippen LogP contribution in [0.3, 0.4) is 0 Å². The summed E-state index contributed by atoms with van der Waals surface area (Å²) >= 11 is 0. The number of hydrogen-bond donors (Lipinski definition) is 1. The van der Waals surface area contributed by atoms with Gasteiger partial charge in [0.1, 0.15) is 0 Å². The first-order chi connectivity index (χ1) is 10.0. The van der Waals surface area contributed by atoms with Gasteiger partial charge in [-0.1, -0.05) is 42.0 Å². The topological polar surface area (TPSA) is 38.3 Å². The molecule has 0 radical (unpaired) electrons. The Balaban J connectivity index is 2.40. The summed E-state index contributed by atoms with van der Waals surface area (Å²) in [6.45, 7) is 6.06. The van der Waals surface area contributed by atoms with Crippen molar-refractivity contribution in [2.24, 2.45) is 0 Å². The maximum atomic E-state index is 12.2. The molecule has 110 valence electrons. The number of methoxy groups -OCH3 is 1. The van der Waals surface area contributed by atoms with Crippen molar-refractivity contribution in [1.29, 1.82) is 0 Å². The molecule has 2 rings (SSSR count). The molecule has 21 heavy (non-hydrogen) atoms. The molecule has 0 aliphatic carbocycles. The first kappa shape index (κ1) is 15.1. The third-order valence-electron chi connectivity index (χ3n) is 3.62. The summed E-state index contributed by atoms with van der Waals surface area (Å²) in [7, 11) is 1.42. The van der Waals surface area contributed by atoms with Crippen LogP contribution in [0, 0.1) is 20.8 Å². The van der Waals surface area contributed by atoms with Gasteiger partial charge in [-0.05, 0) is 43.5 Å². The largest absolute Gasteiger partial charge is 0.467 e. The molecular formula is C18H21NO2. The Morgan fingerprint density at radius 1 is 1.05 bits per heavy atom. The molecule has 0 fully saturated rings. The van der Waals surface area contributed by atoms with Crippen LogP contribution in [0.2, 0.25) is 0 Å². The van der Waals surface area contributed by atoms with Gasteiger partial charge < -0.3 is 10.1 Å². The lowest BCUT2D eigenvalue weighted by atomic mass is 9.98. The number of nitrogens with one attached hydrogen (secondary N) is 1. The number of hydrogen-bond acceptors (Lipinski definition) is 3. The number of benzene rings is 2. The number of anilines is 1. The standard InChI is InChI=1S/C18H21NO2/c1-12-9-10-15(14(3)11-12)17(18(20)21-4)19-16-8-6-5-7-13(16)2/h5-11,17,19H,1-4H3. The minimum atomic E-state index is -0.503. The zero-order valence-corrected chi connectivity index (χ0v) is 12.9. The lowest BCUT2D eigenvalue weighted by Gasteiger charge is -2.21. The molecule has 0 aliphatic heterocycles. The highest BCUT2D eigenvalue weighted by atomic mass is 16.5. The summed E-state index contributed by atoms with van der Waals surface area (Å²) in [5, 5.41) is 3.30. The minimum absolute atomic E-state index is 0.287. The molecule has 0 aliphatic rings. The molecule has 2 aromatic carbocycles. The Bertz CT molecular complexity index is 649. The van der Waals surface area contributed by atoms with Crippen LogP contribution in [0.1, 0.15) is 28.3 Å². The van der Waals surface area contributed by atoms with Crippen molar-refractivity contribution in [1.82, 2.24) is 0 Å². The predicted molar refractivity (Wildman–Crippen MR) is 85.5 cm³/mol. The molecule has 0 saturated heterocycles. The molecule has 3 heteroatoms. The molecule has 3 nitrogen and oxygen atoms in total.